The van der Waals surface area contributed by atoms with Crippen LogP contribution < -0.4 is 0 Å². The van der Waals surface area contributed by atoms with E-state index in [-0.39, 0.29) is 5.78 Å². The van der Waals surface area contributed by atoms with Gasteiger partial charge in [-0.05, 0) is 43.9 Å². The summed E-state index contributed by atoms with van der Waals surface area (Å²) in [6.07, 6.45) is 0.738. The lowest BCUT2D eigenvalue weighted by Gasteiger charge is -2.03. The Bertz CT molecular complexity index is 540. The van der Waals surface area contributed by atoms with Gasteiger partial charge >= 0.3 is 0 Å². The summed E-state index contributed by atoms with van der Waals surface area (Å²) in [4.78, 5) is 13.0. The summed E-state index contributed by atoms with van der Waals surface area (Å²) in [5.41, 5.74) is 3.72. The zero-order valence-electron chi connectivity index (χ0n) is 10.2. The van der Waals surface area contributed by atoms with Crippen LogP contribution in [0.25, 0.3) is 0 Å². The third-order valence-electron chi connectivity index (χ3n) is 2.58. The molecule has 17 heavy (non-hydrogen) atoms. The lowest BCUT2D eigenvalue weighted by molar-refractivity contribution is 0.104. The number of nitrogens with zero attached hydrogens (tertiary/aromatic N) is 2. The molecule has 0 unspecified atom stereocenters. The summed E-state index contributed by atoms with van der Waals surface area (Å²) in [5, 5.41) is 3.97. The zero-order chi connectivity index (χ0) is 12.4. The van der Waals surface area contributed by atoms with Gasteiger partial charge in [-0.15, -0.1) is 5.10 Å². The van der Waals surface area contributed by atoms with Gasteiger partial charge in [-0.3, -0.25) is 4.79 Å². The quantitative estimate of drug-likeness (QED) is 0.782. The van der Waals surface area contributed by atoms with E-state index in [0.717, 1.165) is 28.8 Å². The Balaban J connectivity index is 2.43. The highest BCUT2D eigenvalue weighted by atomic mass is 32.1. The van der Waals surface area contributed by atoms with Crippen molar-refractivity contribution in [2.24, 2.45) is 0 Å². The van der Waals surface area contributed by atoms with Gasteiger partial charge in [0.25, 0.3) is 0 Å². The molecule has 0 radical (unpaired) electrons. The van der Waals surface area contributed by atoms with Gasteiger partial charge in [-0.2, -0.15) is 0 Å². The van der Waals surface area contributed by atoms with E-state index in [1.165, 1.54) is 11.5 Å². The first-order valence-electron chi connectivity index (χ1n) is 5.56. The number of carbonyl (C=O) groups is 1. The molecule has 0 N–H and O–H groups in total. The first-order chi connectivity index (χ1) is 8.11. The molecule has 1 heterocycles. The number of ketones is 1. The molecule has 0 saturated carbocycles. The second-order valence-electron chi connectivity index (χ2n) is 4.11. The lowest BCUT2D eigenvalue weighted by Crippen LogP contribution is -2.03. The molecule has 0 saturated heterocycles. The normalized spacial score (nSPS) is 10.5. The molecule has 0 bridgehead atoms. The zero-order valence-corrected chi connectivity index (χ0v) is 11.0. The van der Waals surface area contributed by atoms with Gasteiger partial charge in [0.05, 0.1) is 5.69 Å². The predicted molar refractivity (Wildman–Crippen MR) is 68.6 cm³/mol. The second kappa shape index (κ2) is 4.75. The van der Waals surface area contributed by atoms with E-state index >= 15 is 0 Å². The third-order valence-corrected chi connectivity index (χ3v) is 3.35. The molecule has 0 aliphatic carbocycles. The molecule has 3 nitrogen and oxygen atoms in total. The Kier molecular flexibility index (Phi) is 3.33. The minimum Gasteiger partial charge on any atom is -0.288 e. The van der Waals surface area contributed by atoms with Crippen LogP contribution in [0.1, 0.15) is 39.0 Å². The van der Waals surface area contributed by atoms with E-state index in [0.29, 0.717) is 4.88 Å². The van der Waals surface area contributed by atoms with E-state index in [2.05, 4.69) is 15.7 Å². The molecule has 0 fully saturated rings. The van der Waals surface area contributed by atoms with Crippen molar-refractivity contribution in [3.8, 4) is 0 Å². The molecular weight excluding hydrogens is 232 g/mol. The Hall–Kier alpha value is -1.55. The molecule has 1 aromatic heterocycles. The summed E-state index contributed by atoms with van der Waals surface area (Å²) in [6, 6.07) is 5.88. The number of hydrogen-bond donors (Lipinski definition) is 0. The molecule has 0 aliphatic rings. The van der Waals surface area contributed by atoms with Gasteiger partial charge < -0.3 is 0 Å². The van der Waals surface area contributed by atoms with Crippen LogP contribution >= 0.6 is 11.5 Å². The number of hydrogen-bond acceptors (Lipinski definition) is 4. The molecule has 0 spiro atoms. The Morgan fingerprint density at radius 3 is 2.47 bits per heavy atom. The summed E-state index contributed by atoms with van der Waals surface area (Å²) in [7, 11) is 0. The largest absolute Gasteiger partial charge is 0.288 e. The van der Waals surface area contributed by atoms with E-state index in [1.807, 2.05) is 32.9 Å². The minimum atomic E-state index is 0.0312. The Labute approximate surface area is 105 Å². The Morgan fingerprint density at radius 1 is 1.24 bits per heavy atom. The highest BCUT2D eigenvalue weighted by molar-refractivity contribution is 7.08. The van der Waals surface area contributed by atoms with Gasteiger partial charge in [0, 0.05) is 5.56 Å². The van der Waals surface area contributed by atoms with Crippen molar-refractivity contribution < 1.29 is 4.79 Å². The lowest BCUT2D eigenvalue weighted by atomic mass is 10.0. The fourth-order valence-electron chi connectivity index (χ4n) is 1.85. The maximum absolute atomic E-state index is 12.3. The molecule has 0 amide bonds. The highest BCUT2D eigenvalue weighted by Gasteiger charge is 2.17. The van der Waals surface area contributed by atoms with Crippen molar-refractivity contribution in [2.45, 2.75) is 27.2 Å². The van der Waals surface area contributed by atoms with Crippen molar-refractivity contribution in [1.29, 1.82) is 0 Å². The van der Waals surface area contributed by atoms with Gasteiger partial charge in [0.15, 0.2) is 0 Å². The molecule has 4 heteroatoms. The summed E-state index contributed by atoms with van der Waals surface area (Å²) >= 11 is 1.18. The SMILES string of the molecule is CCc1nnsc1C(=O)c1cc(C)cc(C)c1. The number of rotatable bonds is 3. The van der Waals surface area contributed by atoms with Crippen LogP contribution in [0.5, 0.6) is 0 Å². The topological polar surface area (TPSA) is 42.9 Å². The second-order valence-corrected chi connectivity index (χ2v) is 4.86. The van der Waals surface area contributed by atoms with Gasteiger partial charge in [-0.1, -0.05) is 28.6 Å². The predicted octanol–water partition coefficient (Wildman–Crippen LogP) is 2.95. The molecule has 2 aromatic rings. The number of carbonyl (C=O) groups excluding carboxylic acids is 1. The molecule has 2 rings (SSSR count). The number of aryl methyl sites for hydroxylation is 3. The number of benzene rings is 1. The van der Waals surface area contributed by atoms with Crippen molar-refractivity contribution in [3.05, 3.63) is 45.5 Å². The maximum Gasteiger partial charge on any atom is 0.206 e. The average molecular weight is 246 g/mol. The smallest absolute Gasteiger partial charge is 0.206 e. The summed E-state index contributed by atoms with van der Waals surface area (Å²) in [5.74, 6) is 0.0312. The van der Waals surface area contributed by atoms with Crippen molar-refractivity contribution in [2.75, 3.05) is 0 Å². The van der Waals surface area contributed by atoms with Crippen LogP contribution in [0.3, 0.4) is 0 Å². The standard InChI is InChI=1S/C13H14N2OS/c1-4-11-13(17-15-14-11)12(16)10-6-8(2)5-9(3)7-10/h5-7H,4H2,1-3H3. The fourth-order valence-corrected chi connectivity index (χ4v) is 2.56. The van der Waals surface area contributed by atoms with Crippen LogP contribution in [0, 0.1) is 13.8 Å². The molecule has 0 atom stereocenters. The first-order valence-corrected chi connectivity index (χ1v) is 6.33. The number of aromatic nitrogens is 2. The first kappa shape index (κ1) is 11.9. The molecule has 1 aromatic carbocycles. The fraction of sp³-hybridized carbons (Fsp3) is 0.308. The molecule has 0 aliphatic heterocycles. The van der Waals surface area contributed by atoms with Crippen molar-refractivity contribution in [1.82, 2.24) is 9.59 Å². The third kappa shape index (κ3) is 2.42. The van der Waals surface area contributed by atoms with Gasteiger partial charge in [0.2, 0.25) is 5.78 Å². The van der Waals surface area contributed by atoms with Crippen molar-refractivity contribution in [3.63, 3.8) is 0 Å². The highest BCUT2D eigenvalue weighted by Crippen LogP contribution is 2.18. The Morgan fingerprint density at radius 2 is 1.88 bits per heavy atom. The van der Waals surface area contributed by atoms with E-state index in [9.17, 15) is 4.79 Å². The monoisotopic (exact) mass is 246 g/mol. The van der Waals surface area contributed by atoms with Crippen LogP contribution in [0.15, 0.2) is 18.2 Å². The minimum absolute atomic E-state index is 0.0312. The van der Waals surface area contributed by atoms with Crippen LogP contribution in [0.2, 0.25) is 0 Å². The van der Waals surface area contributed by atoms with Crippen LogP contribution in [0.4, 0.5) is 0 Å². The van der Waals surface area contributed by atoms with Gasteiger partial charge in [0.1, 0.15) is 4.88 Å². The van der Waals surface area contributed by atoms with Crippen LogP contribution in [-0.2, 0) is 6.42 Å². The maximum atomic E-state index is 12.3. The van der Waals surface area contributed by atoms with E-state index < -0.39 is 0 Å². The molecule has 88 valence electrons. The molecular formula is C13H14N2OS. The van der Waals surface area contributed by atoms with E-state index in [4.69, 9.17) is 0 Å². The summed E-state index contributed by atoms with van der Waals surface area (Å²) in [6.45, 7) is 5.97. The summed E-state index contributed by atoms with van der Waals surface area (Å²) < 4.78 is 3.86. The average Bonchev–Trinajstić information content (AvgIpc) is 2.74. The van der Waals surface area contributed by atoms with Crippen molar-refractivity contribution >= 4 is 17.3 Å². The van der Waals surface area contributed by atoms with E-state index in [1.54, 1.807) is 0 Å². The van der Waals surface area contributed by atoms with Crippen LogP contribution in [-0.4, -0.2) is 15.4 Å². The van der Waals surface area contributed by atoms with Gasteiger partial charge in [-0.25, -0.2) is 0 Å².